The maximum Gasteiger partial charge on any atom is 0.254 e. The summed E-state index contributed by atoms with van der Waals surface area (Å²) in [6.07, 6.45) is 8.33. The Bertz CT molecular complexity index is 1080. The van der Waals surface area contributed by atoms with Gasteiger partial charge in [-0.3, -0.25) is 4.79 Å². The van der Waals surface area contributed by atoms with Crippen LogP contribution in [0.1, 0.15) is 54.4 Å². The predicted molar refractivity (Wildman–Crippen MR) is 128 cm³/mol. The summed E-state index contributed by atoms with van der Waals surface area (Å²) in [5.41, 5.74) is 3.46. The van der Waals surface area contributed by atoms with Crippen LogP contribution in [0.15, 0.2) is 42.5 Å². The number of aryl methyl sites for hydroxylation is 1. The van der Waals surface area contributed by atoms with Gasteiger partial charge < -0.3 is 14.5 Å². The van der Waals surface area contributed by atoms with Crippen molar-refractivity contribution in [3.8, 4) is 5.75 Å². The number of fused-ring (bicyclic) bond motifs is 4. The predicted octanol–water partition coefficient (Wildman–Crippen LogP) is 4.06. The Kier molecular flexibility index (Phi) is 6.86. The fourth-order valence-corrected chi connectivity index (χ4v) is 5.17. The first-order chi connectivity index (χ1) is 16.3. The summed E-state index contributed by atoms with van der Waals surface area (Å²) in [6, 6.07) is 14.6. The van der Waals surface area contributed by atoms with Gasteiger partial charge in [0.25, 0.3) is 5.91 Å². The summed E-state index contributed by atoms with van der Waals surface area (Å²) in [7, 11) is 0. The van der Waals surface area contributed by atoms with Crippen molar-refractivity contribution >= 4 is 16.9 Å². The van der Waals surface area contributed by atoms with E-state index in [1.165, 1.54) is 37.8 Å². The van der Waals surface area contributed by atoms with Crippen LogP contribution in [-0.4, -0.2) is 69.9 Å². The number of nitrogens with zero attached hydrogens (tertiary/aromatic N) is 4. The number of benzene rings is 2. The summed E-state index contributed by atoms with van der Waals surface area (Å²) >= 11 is 0. The number of aromatic nitrogens is 3. The SMILES string of the molecule is O=C(c1ccc2n[nH]nc2c1)N1CCCCN2CCCCC2CCc2cccc(c2)OCC1. The number of carbonyl (C=O) groups excluding carboxylic acids is 1. The standard InChI is InChI=1S/C26H33N5O2/c32-26(21-10-12-24-25(19-21)28-29-27-24)31-15-4-3-14-30-13-2-1-7-22(30)11-9-20-6-5-8-23(18-20)33-17-16-31/h5-6,8,10,12,18-19,22H,1-4,7,9,11,13-17H2,(H,27,28,29). The van der Waals surface area contributed by atoms with Gasteiger partial charge in [0.2, 0.25) is 0 Å². The van der Waals surface area contributed by atoms with Gasteiger partial charge >= 0.3 is 0 Å². The Morgan fingerprint density at radius 3 is 2.70 bits per heavy atom. The molecule has 0 spiro atoms. The fraction of sp³-hybridized carbons (Fsp3) is 0.500. The Balaban J connectivity index is 1.33. The lowest BCUT2D eigenvalue weighted by molar-refractivity contribution is 0.0722. The molecule has 1 aromatic heterocycles. The van der Waals surface area contributed by atoms with Crippen molar-refractivity contribution in [1.82, 2.24) is 25.2 Å². The lowest BCUT2D eigenvalue weighted by Gasteiger charge is -2.36. The molecule has 33 heavy (non-hydrogen) atoms. The molecule has 2 aliphatic heterocycles. The highest BCUT2D eigenvalue weighted by molar-refractivity contribution is 5.97. The molecular formula is C26H33N5O2. The smallest absolute Gasteiger partial charge is 0.254 e. The van der Waals surface area contributed by atoms with Gasteiger partial charge in [-0.25, -0.2) is 0 Å². The topological polar surface area (TPSA) is 74.4 Å². The van der Waals surface area contributed by atoms with E-state index in [2.05, 4.69) is 38.5 Å². The van der Waals surface area contributed by atoms with Crippen LogP contribution in [0.25, 0.3) is 11.0 Å². The quantitative estimate of drug-likeness (QED) is 0.609. The second kappa shape index (κ2) is 10.3. The largest absolute Gasteiger partial charge is 0.492 e. The number of carbonyl (C=O) groups is 1. The number of hydrogen-bond donors (Lipinski definition) is 1. The van der Waals surface area contributed by atoms with Crippen LogP contribution in [0.2, 0.25) is 0 Å². The van der Waals surface area contributed by atoms with Crippen molar-refractivity contribution in [1.29, 1.82) is 0 Å². The Morgan fingerprint density at radius 2 is 1.76 bits per heavy atom. The number of H-pyrrole nitrogens is 1. The average molecular weight is 448 g/mol. The molecule has 174 valence electrons. The Hall–Kier alpha value is -2.93. The number of amides is 1. The molecule has 1 fully saturated rings. The lowest BCUT2D eigenvalue weighted by atomic mass is 9.95. The molecule has 3 aromatic rings. The monoisotopic (exact) mass is 447 g/mol. The number of piperidine rings is 1. The number of hydrogen-bond acceptors (Lipinski definition) is 5. The summed E-state index contributed by atoms with van der Waals surface area (Å²) in [6.45, 7) is 4.10. The third-order valence-corrected chi connectivity index (χ3v) is 7.02. The zero-order valence-electron chi connectivity index (χ0n) is 19.2. The average Bonchev–Trinajstić information content (AvgIpc) is 3.32. The van der Waals surface area contributed by atoms with Gasteiger partial charge in [0.1, 0.15) is 23.4 Å². The van der Waals surface area contributed by atoms with Gasteiger partial charge in [-0.15, -0.1) is 0 Å². The van der Waals surface area contributed by atoms with Crippen LogP contribution in [0.4, 0.5) is 0 Å². The van der Waals surface area contributed by atoms with Crippen LogP contribution >= 0.6 is 0 Å². The molecule has 1 atom stereocenters. The summed E-state index contributed by atoms with van der Waals surface area (Å²) in [5, 5.41) is 10.8. The number of rotatable bonds is 1. The highest BCUT2D eigenvalue weighted by Crippen LogP contribution is 2.23. The molecule has 5 rings (SSSR count). The van der Waals surface area contributed by atoms with Gasteiger partial charge in [0.05, 0.1) is 6.54 Å². The van der Waals surface area contributed by atoms with E-state index in [1.807, 2.05) is 29.2 Å². The van der Waals surface area contributed by atoms with Crippen molar-refractivity contribution in [2.24, 2.45) is 0 Å². The zero-order chi connectivity index (χ0) is 22.5. The van der Waals surface area contributed by atoms with Crippen LogP contribution < -0.4 is 4.74 Å². The van der Waals surface area contributed by atoms with Crippen LogP contribution in [-0.2, 0) is 6.42 Å². The van der Waals surface area contributed by atoms with E-state index in [1.54, 1.807) is 0 Å². The fourth-order valence-electron chi connectivity index (χ4n) is 5.17. The Labute approximate surface area is 195 Å². The minimum Gasteiger partial charge on any atom is -0.492 e. The van der Waals surface area contributed by atoms with E-state index in [-0.39, 0.29) is 5.91 Å². The van der Waals surface area contributed by atoms with Crippen molar-refractivity contribution < 1.29 is 9.53 Å². The first kappa shape index (κ1) is 21.9. The van der Waals surface area contributed by atoms with Crippen molar-refractivity contribution in [2.45, 2.75) is 51.0 Å². The molecule has 7 heteroatoms. The maximum atomic E-state index is 13.4. The van der Waals surface area contributed by atoms with Crippen LogP contribution in [0.3, 0.4) is 0 Å². The number of nitrogens with one attached hydrogen (secondary N) is 1. The molecule has 0 radical (unpaired) electrons. The molecule has 3 heterocycles. The van der Waals surface area contributed by atoms with Crippen LogP contribution in [0, 0.1) is 0 Å². The molecule has 2 bridgehead atoms. The molecule has 2 aliphatic rings. The normalized spacial score (nSPS) is 21.0. The van der Waals surface area contributed by atoms with Crippen molar-refractivity contribution in [3.05, 3.63) is 53.6 Å². The minimum atomic E-state index is 0.0254. The molecule has 0 aliphatic carbocycles. The molecule has 7 nitrogen and oxygen atoms in total. The maximum absolute atomic E-state index is 13.4. The summed E-state index contributed by atoms with van der Waals surface area (Å²) in [5.74, 6) is 0.914. The molecule has 1 saturated heterocycles. The summed E-state index contributed by atoms with van der Waals surface area (Å²) in [4.78, 5) is 18.0. The first-order valence-electron chi connectivity index (χ1n) is 12.3. The van der Waals surface area contributed by atoms with E-state index in [0.717, 1.165) is 43.6 Å². The van der Waals surface area contributed by atoms with E-state index < -0.39 is 0 Å². The first-order valence-corrected chi connectivity index (χ1v) is 12.3. The minimum absolute atomic E-state index is 0.0254. The highest BCUT2D eigenvalue weighted by Gasteiger charge is 2.23. The van der Waals surface area contributed by atoms with Gasteiger partial charge in [-0.2, -0.15) is 15.4 Å². The van der Waals surface area contributed by atoms with Gasteiger partial charge in [0, 0.05) is 18.2 Å². The molecule has 0 saturated carbocycles. The van der Waals surface area contributed by atoms with E-state index in [0.29, 0.717) is 30.3 Å². The number of ether oxygens (including phenoxy) is 1. The lowest BCUT2D eigenvalue weighted by Crippen LogP contribution is -2.40. The van der Waals surface area contributed by atoms with Gasteiger partial charge in [0.15, 0.2) is 0 Å². The second-order valence-electron chi connectivity index (χ2n) is 9.25. The summed E-state index contributed by atoms with van der Waals surface area (Å²) < 4.78 is 6.07. The van der Waals surface area contributed by atoms with Crippen molar-refractivity contribution in [3.63, 3.8) is 0 Å². The highest BCUT2D eigenvalue weighted by atomic mass is 16.5. The van der Waals surface area contributed by atoms with Crippen LogP contribution in [0.5, 0.6) is 5.75 Å². The molecular weight excluding hydrogens is 414 g/mol. The van der Waals surface area contributed by atoms with E-state index in [4.69, 9.17) is 4.74 Å². The number of aromatic amines is 1. The molecule has 1 amide bonds. The molecule has 1 N–H and O–H groups in total. The van der Waals surface area contributed by atoms with Crippen molar-refractivity contribution in [2.75, 3.05) is 32.8 Å². The zero-order valence-corrected chi connectivity index (χ0v) is 19.2. The molecule has 1 unspecified atom stereocenters. The van der Waals surface area contributed by atoms with Gasteiger partial charge in [-0.05, 0) is 87.5 Å². The Morgan fingerprint density at radius 1 is 0.909 bits per heavy atom. The third kappa shape index (κ3) is 5.36. The van der Waals surface area contributed by atoms with E-state index >= 15 is 0 Å². The molecule has 2 aromatic carbocycles. The van der Waals surface area contributed by atoms with E-state index in [9.17, 15) is 4.79 Å². The third-order valence-electron chi connectivity index (χ3n) is 7.02. The van der Waals surface area contributed by atoms with Gasteiger partial charge in [-0.1, -0.05) is 18.6 Å². The second-order valence-corrected chi connectivity index (χ2v) is 9.25.